The van der Waals surface area contributed by atoms with E-state index in [2.05, 4.69) is 27.9 Å². The molecule has 0 aliphatic rings. The van der Waals surface area contributed by atoms with Crippen molar-refractivity contribution in [3.05, 3.63) is 97.0 Å². The standard InChI is InChI=1S/C23H15Cl2IN2O2/c24-18-11-16(22(21(25)12-18)30-14-15-4-2-1-3-5-15)10-17(13-27)23(29)28-20-8-6-19(26)7-9-20/h1-12H,14H2,(H,28,29)/b17-10+. The van der Waals surface area contributed by atoms with Crippen molar-refractivity contribution in [2.24, 2.45) is 0 Å². The summed E-state index contributed by atoms with van der Waals surface area (Å²) in [5, 5.41) is 12.9. The van der Waals surface area contributed by atoms with E-state index in [4.69, 9.17) is 27.9 Å². The van der Waals surface area contributed by atoms with Gasteiger partial charge in [0.15, 0.2) is 0 Å². The lowest BCUT2D eigenvalue weighted by atomic mass is 10.1. The minimum absolute atomic E-state index is 0.101. The van der Waals surface area contributed by atoms with Crippen molar-refractivity contribution in [2.75, 3.05) is 5.32 Å². The lowest BCUT2D eigenvalue weighted by molar-refractivity contribution is -0.112. The van der Waals surface area contributed by atoms with Crippen LogP contribution >= 0.6 is 45.8 Å². The first-order valence-electron chi connectivity index (χ1n) is 8.81. The van der Waals surface area contributed by atoms with E-state index in [1.54, 1.807) is 24.3 Å². The molecule has 0 saturated carbocycles. The number of carbonyl (C=O) groups is 1. The van der Waals surface area contributed by atoms with E-state index in [-0.39, 0.29) is 12.2 Å². The number of anilines is 1. The van der Waals surface area contributed by atoms with Gasteiger partial charge in [-0.15, -0.1) is 0 Å². The van der Waals surface area contributed by atoms with Crippen molar-refractivity contribution >= 4 is 63.5 Å². The average Bonchev–Trinajstić information content (AvgIpc) is 2.73. The summed E-state index contributed by atoms with van der Waals surface area (Å²) in [6.45, 7) is 0.278. The normalized spacial score (nSPS) is 10.9. The zero-order chi connectivity index (χ0) is 21.5. The van der Waals surface area contributed by atoms with Crippen LogP contribution in [0.2, 0.25) is 10.0 Å². The molecule has 0 aromatic heterocycles. The number of halogens is 3. The highest BCUT2D eigenvalue weighted by Crippen LogP contribution is 2.34. The summed E-state index contributed by atoms with van der Waals surface area (Å²) < 4.78 is 6.93. The Bertz CT molecular complexity index is 1120. The SMILES string of the molecule is N#C/C(=C\c1cc(Cl)cc(Cl)c1OCc1ccccc1)C(=O)Nc1ccc(I)cc1. The fourth-order valence-electron chi connectivity index (χ4n) is 2.61. The molecule has 1 amide bonds. The number of nitrogens with one attached hydrogen (secondary N) is 1. The molecule has 4 nitrogen and oxygen atoms in total. The van der Waals surface area contributed by atoms with Crippen molar-refractivity contribution in [1.82, 2.24) is 0 Å². The van der Waals surface area contributed by atoms with Gasteiger partial charge >= 0.3 is 0 Å². The first kappa shape index (κ1) is 22.2. The number of ether oxygens (including phenoxy) is 1. The van der Waals surface area contributed by atoms with Crippen molar-refractivity contribution < 1.29 is 9.53 Å². The monoisotopic (exact) mass is 548 g/mol. The van der Waals surface area contributed by atoms with Crippen molar-refractivity contribution in [2.45, 2.75) is 6.61 Å². The molecule has 3 aromatic carbocycles. The Morgan fingerprint density at radius 3 is 2.47 bits per heavy atom. The number of hydrogen-bond donors (Lipinski definition) is 1. The quantitative estimate of drug-likeness (QED) is 0.211. The largest absolute Gasteiger partial charge is 0.487 e. The highest BCUT2D eigenvalue weighted by molar-refractivity contribution is 14.1. The van der Waals surface area contributed by atoms with Gasteiger partial charge < -0.3 is 10.1 Å². The van der Waals surface area contributed by atoms with Crippen molar-refractivity contribution in [3.63, 3.8) is 0 Å². The van der Waals surface area contributed by atoms with Gasteiger partial charge in [-0.25, -0.2) is 0 Å². The Labute approximate surface area is 198 Å². The molecule has 0 atom stereocenters. The number of nitrogens with zero attached hydrogens (tertiary/aromatic N) is 1. The van der Waals surface area contributed by atoms with Gasteiger partial charge in [-0.1, -0.05) is 53.5 Å². The Balaban J connectivity index is 1.88. The molecule has 0 radical (unpaired) electrons. The summed E-state index contributed by atoms with van der Waals surface area (Å²) in [6.07, 6.45) is 1.42. The molecule has 0 saturated heterocycles. The molecule has 0 aliphatic heterocycles. The minimum atomic E-state index is -0.538. The summed E-state index contributed by atoms with van der Waals surface area (Å²) in [4.78, 5) is 12.6. The van der Waals surface area contributed by atoms with Crippen LogP contribution in [0.1, 0.15) is 11.1 Å². The Hall–Kier alpha value is -2.53. The second kappa shape index (κ2) is 10.5. The topological polar surface area (TPSA) is 62.1 Å². The molecule has 0 heterocycles. The summed E-state index contributed by atoms with van der Waals surface area (Å²) in [5.41, 5.74) is 1.89. The second-order valence-electron chi connectivity index (χ2n) is 6.21. The molecule has 0 bridgehead atoms. The van der Waals surface area contributed by atoms with Crippen LogP contribution in [0.5, 0.6) is 5.75 Å². The van der Waals surface area contributed by atoms with Crippen LogP contribution in [-0.4, -0.2) is 5.91 Å². The van der Waals surface area contributed by atoms with Gasteiger partial charge in [-0.05, 0) is 70.6 Å². The van der Waals surface area contributed by atoms with Crippen LogP contribution in [0.15, 0.2) is 72.3 Å². The Morgan fingerprint density at radius 2 is 1.80 bits per heavy atom. The van der Waals surface area contributed by atoms with Crippen LogP contribution in [0.3, 0.4) is 0 Å². The third-order valence-electron chi connectivity index (χ3n) is 4.03. The van der Waals surface area contributed by atoms with Gasteiger partial charge in [0.2, 0.25) is 0 Å². The first-order chi connectivity index (χ1) is 14.5. The third-order valence-corrected chi connectivity index (χ3v) is 5.25. The predicted octanol–water partition coefficient (Wildman–Crippen LogP) is 6.72. The van der Waals surface area contributed by atoms with E-state index in [1.807, 2.05) is 48.5 Å². The smallest absolute Gasteiger partial charge is 0.266 e. The van der Waals surface area contributed by atoms with Crippen LogP contribution in [0.4, 0.5) is 5.69 Å². The van der Waals surface area contributed by atoms with Crippen molar-refractivity contribution in [1.29, 1.82) is 5.26 Å². The maximum absolute atomic E-state index is 12.6. The third kappa shape index (κ3) is 5.99. The molecule has 0 unspecified atom stereocenters. The first-order valence-corrected chi connectivity index (χ1v) is 10.6. The van der Waals surface area contributed by atoms with E-state index in [0.717, 1.165) is 9.13 Å². The van der Waals surface area contributed by atoms with E-state index >= 15 is 0 Å². The fraction of sp³-hybridized carbons (Fsp3) is 0.0435. The number of rotatable bonds is 6. The van der Waals surface area contributed by atoms with Gasteiger partial charge in [0.1, 0.15) is 24.0 Å². The van der Waals surface area contributed by atoms with Crippen LogP contribution in [-0.2, 0) is 11.4 Å². The zero-order valence-electron chi connectivity index (χ0n) is 15.5. The summed E-state index contributed by atoms with van der Waals surface area (Å²) in [5.74, 6) is -0.191. The molecular formula is C23H15Cl2IN2O2. The molecule has 0 spiro atoms. The van der Waals surface area contributed by atoms with E-state index in [1.165, 1.54) is 6.08 Å². The molecule has 30 heavy (non-hydrogen) atoms. The minimum Gasteiger partial charge on any atom is -0.487 e. The number of benzene rings is 3. The predicted molar refractivity (Wildman–Crippen MR) is 129 cm³/mol. The second-order valence-corrected chi connectivity index (χ2v) is 8.30. The van der Waals surface area contributed by atoms with Gasteiger partial charge in [-0.3, -0.25) is 4.79 Å². The Morgan fingerprint density at radius 1 is 1.10 bits per heavy atom. The van der Waals surface area contributed by atoms with E-state index in [0.29, 0.717) is 27.0 Å². The zero-order valence-corrected chi connectivity index (χ0v) is 19.2. The van der Waals surface area contributed by atoms with Gasteiger partial charge in [-0.2, -0.15) is 5.26 Å². The highest BCUT2D eigenvalue weighted by Gasteiger charge is 2.15. The van der Waals surface area contributed by atoms with E-state index in [9.17, 15) is 10.1 Å². The maximum Gasteiger partial charge on any atom is 0.266 e. The average molecular weight is 549 g/mol. The summed E-state index contributed by atoms with van der Waals surface area (Å²) >= 11 is 14.6. The maximum atomic E-state index is 12.6. The molecule has 3 rings (SSSR count). The van der Waals surface area contributed by atoms with Gasteiger partial charge in [0, 0.05) is 19.8 Å². The molecule has 7 heteroatoms. The molecule has 150 valence electrons. The molecule has 0 aliphatic carbocycles. The fourth-order valence-corrected chi connectivity index (χ4v) is 3.53. The van der Waals surface area contributed by atoms with E-state index < -0.39 is 5.91 Å². The van der Waals surface area contributed by atoms with Crippen LogP contribution in [0, 0.1) is 14.9 Å². The van der Waals surface area contributed by atoms with Crippen LogP contribution < -0.4 is 10.1 Å². The lowest BCUT2D eigenvalue weighted by Gasteiger charge is -2.12. The molecule has 1 N–H and O–H groups in total. The van der Waals surface area contributed by atoms with Crippen molar-refractivity contribution in [3.8, 4) is 11.8 Å². The number of hydrogen-bond acceptors (Lipinski definition) is 3. The number of amides is 1. The van der Waals surface area contributed by atoms with Gasteiger partial charge in [0.05, 0.1) is 5.02 Å². The molecule has 0 fully saturated rings. The number of nitriles is 1. The molecular weight excluding hydrogens is 534 g/mol. The Kier molecular flexibility index (Phi) is 7.75. The molecule has 3 aromatic rings. The number of carbonyl (C=O) groups excluding carboxylic acids is 1. The lowest BCUT2D eigenvalue weighted by Crippen LogP contribution is -2.13. The summed E-state index contributed by atoms with van der Waals surface area (Å²) in [6, 6.07) is 21.9. The van der Waals surface area contributed by atoms with Crippen LogP contribution in [0.25, 0.3) is 6.08 Å². The highest BCUT2D eigenvalue weighted by atomic mass is 127. The summed E-state index contributed by atoms with van der Waals surface area (Å²) in [7, 11) is 0. The van der Waals surface area contributed by atoms with Gasteiger partial charge in [0.25, 0.3) is 5.91 Å².